The van der Waals surface area contributed by atoms with Gasteiger partial charge in [0.2, 0.25) is 0 Å². The van der Waals surface area contributed by atoms with Crippen LogP contribution in [0.3, 0.4) is 0 Å². The van der Waals surface area contributed by atoms with E-state index in [1.165, 1.54) is 0 Å². The van der Waals surface area contributed by atoms with E-state index < -0.39 is 24.3 Å². The second-order valence-corrected chi connectivity index (χ2v) is 9.57. The topological polar surface area (TPSA) is 151 Å². The van der Waals surface area contributed by atoms with Crippen LogP contribution in [0.2, 0.25) is 5.02 Å². The Morgan fingerprint density at radius 1 is 0.977 bits per heavy atom. The van der Waals surface area contributed by atoms with Crippen molar-refractivity contribution < 1.29 is 50.9 Å². The monoisotopic (exact) mass is 636 g/mol. The maximum absolute atomic E-state index is 13.1. The molecule has 43 heavy (non-hydrogen) atoms. The van der Waals surface area contributed by atoms with E-state index in [1.807, 2.05) is 58.4 Å². The van der Waals surface area contributed by atoms with E-state index in [-0.39, 0.29) is 5.91 Å². The van der Waals surface area contributed by atoms with E-state index in [0.29, 0.717) is 29.7 Å². The number of hydrogen-bond acceptors (Lipinski definition) is 6. The Labute approximate surface area is 243 Å². The summed E-state index contributed by atoms with van der Waals surface area (Å²) in [6.07, 6.45) is -10.2. The minimum absolute atomic E-state index is 0.0750. The molecule has 232 valence electrons. The molecule has 1 aliphatic heterocycles. The normalized spacial score (nSPS) is 13.4. The Hall–Kier alpha value is -4.38. The lowest BCUT2D eigenvalue weighted by atomic mass is 10.0. The molecule has 0 atom stereocenters. The smallest absolute Gasteiger partial charge is 0.475 e. The van der Waals surface area contributed by atoms with Gasteiger partial charge in [0.15, 0.2) is 5.65 Å². The van der Waals surface area contributed by atoms with Crippen LogP contribution in [0.15, 0.2) is 42.5 Å². The number of nitrogens with zero attached hydrogens (tertiary/aromatic N) is 4. The highest BCUT2D eigenvalue weighted by molar-refractivity contribution is 6.30. The van der Waals surface area contributed by atoms with Gasteiger partial charge < -0.3 is 25.4 Å². The van der Waals surface area contributed by atoms with E-state index in [9.17, 15) is 31.1 Å². The molecule has 1 amide bonds. The number of rotatable bonds is 5. The second-order valence-electron chi connectivity index (χ2n) is 9.13. The van der Waals surface area contributed by atoms with Crippen molar-refractivity contribution in [3.05, 3.63) is 64.6 Å². The number of hydrogen-bond donors (Lipinski definition) is 4. The van der Waals surface area contributed by atoms with Crippen LogP contribution in [0, 0.1) is 12.8 Å². The summed E-state index contributed by atoms with van der Waals surface area (Å²) in [6.45, 7) is 5.03. The summed E-state index contributed by atoms with van der Waals surface area (Å²) in [5.41, 5.74) is 4.29. The van der Waals surface area contributed by atoms with Gasteiger partial charge >= 0.3 is 24.3 Å². The fourth-order valence-electron chi connectivity index (χ4n) is 3.84. The molecule has 1 fully saturated rings. The molecule has 4 heterocycles. The molecule has 0 bridgehead atoms. The summed E-state index contributed by atoms with van der Waals surface area (Å²) in [6, 6.07) is 13.6. The van der Waals surface area contributed by atoms with Crippen LogP contribution in [0.5, 0.6) is 0 Å². The maximum atomic E-state index is 13.1. The molecule has 1 aromatic carbocycles. The maximum Gasteiger partial charge on any atom is 0.490 e. The number of aryl methyl sites for hydroxylation is 1. The Morgan fingerprint density at radius 3 is 2.09 bits per heavy atom. The fraction of sp³-hybridized carbons (Fsp3) is 0.320. The first-order valence-corrected chi connectivity index (χ1v) is 12.5. The van der Waals surface area contributed by atoms with Crippen LogP contribution in [0.25, 0.3) is 16.7 Å². The van der Waals surface area contributed by atoms with Crippen LogP contribution >= 0.6 is 11.6 Å². The molecule has 0 spiro atoms. The highest BCUT2D eigenvalue weighted by Gasteiger charge is 2.38. The summed E-state index contributed by atoms with van der Waals surface area (Å²) in [5.74, 6) is -4.30. The quantitative estimate of drug-likeness (QED) is 0.241. The van der Waals surface area contributed by atoms with E-state index in [1.54, 1.807) is 0 Å². The lowest BCUT2D eigenvalue weighted by Gasteiger charge is -2.27. The molecule has 4 aromatic rings. The lowest BCUT2D eigenvalue weighted by Crippen LogP contribution is -2.48. The molecule has 5 rings (SSSR count). The van der Waals surface area contributed by atoms with Gasteiger partial charge in [-0.25, -0.2) is 9.59 Å². The Balaban J connectivity index is 0.000000303. The second kappa shape index (κ2) is 13.3. The molecule has 0 unspecified atom stereocenters. The number of nitrogens with one attached hydrogen (secondary N) is 2. The molecular formula is C25H23ClF6N6O5. The molecule has 4 N–H and O–H groups in total. The van der Waals surface area contributed by atoms with E-state index >= 15 is 0 Å². The number of fused-ring (bicyclic) bond motifs is 3. The minimum atomic E-state index is -5.08. The van der Waals surface area contributed by atoms with Crippen LogP contribution in [0.1, 0.15) is 21.9 Å². The van der Waals surface area contributed by atoms with Gasteiger partial charge in [-0.05, 0) is 42.8 Å². The van der Waals surface area contributed by atoms with Gasteiger partial charge in [0.1, 0.15) is 11.5 Å². The third-order valence-corrected chi connectivity index (χ3v) is 6.20. The molecule has 11 nitrogen and oxygen atoms in total. The van der Waals surface area contributed by atoms with Crippen LogP contribution in [-0.4, -0.2) is 79.2 Å². The first-order valence-electron chi connectivity index (χ1n) is 12.2. The highest BCUT2D eigenvalue weighted by atomic mass is 35.5. The first-order chi connectivity index (χ1) is 20.0. The standard InChI is InChI=1S/C21H21ClN6O.2C2HF3O2/c1-13-25-26-20-6-5-17-18(28(13)20)8-19(21(29)24-11-15-9-23-10-15)27(17)12-14-3-2-4-16(22)7-14;2*3-2(4,5)1(6)7/h2-8,15,23H,9-12H2,1H3,(H,24,29);2*(H,6,7). The number of alkyl halides is 6. The summed E-state index contributed by atoms with van der Waals surface area (Å²) < 4.78 is 67.5. The third kappa shape index (κ3) is 8.57. The zero-order valence-corrected chi connectivity index (χ0v) is 22.8. The molecular weight excluding hydrogens is 614 g/mol. The zero-order valence-electron chi connectivity index (χ0n) is 22.0. The zero-order chi connectivity index (χ0) is 32.1. The largest absolute Gasteiger partial charge is 0.490 e. The number of aromatic nitrogens is 4. The molecule has 3 aromatic heterocycles. The Kier molecular flexibility index (Phi) is 10.2. The molecule has 0 saturated carbocycles. The summed E-state index contributed by atoms with van der Waals surface area (Å²) >= 11 is 6.18. The number of carboxylic acid groups (broad SMARTS) is 2. The van der Waals surface area contributed by atoms with Gasteiger partial charge in [-0.2, -0.15) is 26.3 Å². The third-order valence-electron chi connectivity index (χ3n) is 5.96. The fourth-order valence-corrected chi connectivity index (χ4v) is 4.05. The average molecular weight is 637 g/mol. The van der Waals surface area contributed by atoms with Gasteiger partial charge in [-0.3, -0.25) is 9.20 Å². The highest BCUT2D eigenvalue weighted by Crippen LogP contribution is 2.25. The molecule has 18 heteroatoms. The van der Waals surface area contributed by atoms with Gasteiger partial charge in [0, 0.05) is 37.1 Å². The van der Waals surface area contributed by atoms with E-state index in [0.717, 1.165) is 41.2 Å². The van der Waals surface area contributed by atoms with Crippen LogP contribution in [0.4, 0.5) is 26.3 Å². The van der Waals surface area contributed by atoms with Gasteiger partial charge in [-0.1, -0.05) is 23.7 Å². The molecule has 1 saturated heterocycles. The SMILES string of the molecule is Cc1nnc2ccc3c(cc(C(=O)NCC4CNC4)n3Cc3cccc(Cl)c3)n12.O=C(O)C(F)(F)F.O=C(O)C(F)(F)F. The van der Waals surface area contributed by atoms with E-state index in [2.05, 4.69) is 20.8 Å². The lowest BCUT2D eigenvalue weighted by molar-refractivity contribution is -0.193. The van der Waals surface area contributed by atoms with Crippen LogP contribution in [-0.2, 0) is 16.1 Å². The summed E-state index contributed by atoms with van der Waals surface area (Å²) in [7, 11) is 0. The van der Waals surface area contributed by atoms with Crippen LogP contribution < -0.4 is 10.6 Å². The number of aliphatic carboxylic acids is 2. The van der Waals surface area contributed by atoms with Crippen molar-refractivity contribution in [1.82, 2.24) is 29.8 Å². The minimum Gasteiger partial charge on any atom is -0.475 e. The first kappa shape index (κ1) is 33.1. The Bertz CT molecular complexity index is 1610. The summed E-state index contributed by atoms with van der Waals surface area (Å²) in [4.78, 5) is 30.9. The predicted molar refractivity (Wildman–Crippen MR) is 140 cm³/mol. The number of carbonyl (C=O) groups is 3. The number of pyridine rings is 1. The van der Waals surface area contributed by atoms with Gasteiger partial charge in [-0.15, -0.1) is 10.2 Å². The van der Waals surface area contributed by atoms with Crippen molar-refractivity contribution in [2.75, 3.05) is 19.6 Å². The summed E-state index contributed by atoms with van der Waals surface area (Å²) in [5, 5.41) is 29.6. The van der Waals surface area contributed by atoms with Crippen molar-refractivity contribution in [2.24, 2.45) is 5.92 Å². The number of halogens is 7. The van der Waals surface area contributed by atoms with Crippen molar-refractivity contribution in [3.63, 3.8) is 0 Å². The number of amides is 1. The Morgan fingerprint density at radius 2 is 1.58 bits per heavy atom. The van der Waals surface area contributed by atoms with Gasteiger partial charge in [0.05, 0.1) is 11.0 Å². The van der Waals surface area contributed by atoms with Crippen molar-refractivity contribution in [3.8, 4) is 0 Å². The number of benzene rings is 1. The number of carbonyl (C=O) groups excluding carboxylic acids is 1. The molecule has 1 aliphatic rings. The van der Waals surface area contributed by atoms with Gasteiger partial charge in [0.25, 0.3) is 5.91 Å². The number of carboxylic acids is 2. The van der Waals surface area contributed by atoms with Crippen molar-refractivity contribution >= 4 is 46.1 Å². The molecule has 0 aliphatic carbocycles. The van der Waals surface area contributed by atoms with Crippen molar-refractivity contribution in [1.29, 1.82) is 0 Å². The molecule has 0 radical (unpaired) electrons. The predicted octanol–water partition coefficient (Wildman–Crippen LogP) is 3.91. The van der Waals surface area contributed by atoms with E-state index in [4.69, 9.17) is 31.4 Å². The average Bonchev–Trinajstić information content (AvgIpc) is 3.43. The van der Waals surface area contributed by atoms with Crippen molar-refractivity contribution in [2.45, 2.75) is 25.8 Å².